The fourth-order valence-electron chi connectivity index (χ4n) is 0.599. The van der Waals surface area contributed by atoms with Crippen molar-refractivity contribution in [2.45, 2.75) is 26.0 Å². The molecule has 0 aromatic rings. The minimum atomic E-state index is -0.171. The summed E-state index contributed by atoms with van der Waals surface area (Å²) in [5.41, 5.74) is 0. The molecule has 0 aliphatic rings. The van der Waals surface area contributed by atoms with Crippen LogP contribution in [0.25, 0.3) is 0 Å². The second-order valence-corrected chi connectivity index (χ2v) is 2.28. The molecule has 2 radical (unpaired) electrons. The number of hydrogen-bond donors (Lipinski definition) is 1. The van der Waals surface area contributed by atoms with E-state index in [1.54, 1.807) is 0 Å². The van der Waals surface area contributed by atoms with Gasteiger partial charge in [-0.3, -0.25) is 0 Å². The molecule has 0 amide bonds. The highest BCUT2D eigenvalue weighted by molar-refractivity contribution is 6.11. The van der Waals surface area contributed by atoms with Gasteiger partial charge in [0.05, 0.1) is 6.10 Å². The van der Waals surface area contributed by atoms with Gasteiger partial charge in [-0.15, -0.1) is 0 Å². The van der Waals surface area contributed by atoms with Crippen molar-refractivity contribution >= 4 is 7.85 Å². The zero-order valence-electron chi connectivity index (χ0n) is 6.35. The molecule has 0 aromatic carbocycles. The van der Waals surface area contributed by atoms with Crippen LogP contribution in [-0.4, -0.2) is 33.5 Å². The fraction of sp³-hybridized carbons (Fsp3) is 1.00. The Morgan fingerprint density at radius 2 is 2.11 bits per heavy atom. The van der Waals surface area contributed by atoms with Gasteiger partial charge in [0.15, 0.2) is 0 Å². The summed E-state index contributed by atoms with van der Waals surface area (Å²) in [6.45, 7) is 4.64. The smallest absolute Gasteiger partial charge is 0.110 e. The summed E-state index contributed by atoms with van der Waals surface area (Å²) in [4.78, 5) is 0. The summed E-state index contributed by atoms with van der Waals surface area (Å²) in [5, 5.41) is 2.92. The highest BCUT2D eigenvalue weighted by Gasteiger charge is 2.00. The number of hydrogen-bond acceptors (Lipinski definition) is 2. The third-order valence-electron chi connectivity index (χ3n) is 0.852. The Kier molecular flexibility index (Phi) is 4.82. The van der Waals surface area contributed by atoms with Gasteiger partial charge in [-0.2, -0.15) is 0 Å². The predicted molar refractivity (Wildman–Crippen MR) is 39.7 cm³/mol. The number of ether oxygens (including phenoxy) is 1. The summed E-state index contributed by atoms with van der Waals surface area (Å²) < 4.78 is 5.21. The molecule has 0 bridgehead atoms. The molecule has 0 aliphatic heterocycles. The van der Waals surface area contributed by atoms with E-state index in [4.69, 9.17) is 12.6 Å². The first kappa shape index (κ1) is 8.98. The van der Waals surface area contributed by atoms with E-state index < -0.39 is 0 Å². The Hall–Kier alpha value is -0.0151. The molecule has 0 aromatic heterocycles. The molecule has 0 heterocycles. The topological polar surface area (TPSA) is 21.3 Å². The Morgan fingerprint density at radius 1 is 1.56 bits per heavy atom. The monoisotopic (exact) mass is 127 g/mol. The molecule has 9 heavy (non-hydrogen) atoms. The van der Waals surface area contributed by atoms with Crippen LogP contribution in [0.3, 0.4) is 0 Å². The molecule has 0 unspecified atom stereocenters. The summed E-state index contributed by atoms with van der Waals surface area (Å²) >= 11 is 0. The van der Waals surface area contributed by atoms with Crippen molar-refractivity contribution in [2.24, 2.45) is 0 Å². The lowest BCUT2D eigenvalue weighted by Gasteiger charge is -2.15. The Morgan fingerprint density at radius 3 is 2.44 bits per heavy atom. The van der Waals surface area contributed by atoms with Gasteiger partial charge in [0.2, 0.25) is 0 Å². The SMILES string of the molecule is [B][C@H](CNC)OC(C)C. The van der Waals surface area contributed by atoms with Crippen molar-refractivity contribution in [3.8, 4) is 0 Å². The summed E-state index contributed by atoms with van der Waals surface area (Å²) in [6.07, 6.45) is 0.216. The van der Waals surface area contributed by atoms with Crippen LogP contribution in [0.15, 0.2) is 0 Å². The first-order valence-electron chi connectivity index (χ1n) is 3.22. The minimum Gasteiger partial charge on any atom is -0.384 e. The number of likely N-dealkylation sites (N-methyl/N-ethyl adjacent to an activating group) is 1. The maximum absolute atomic E-state index is 5.50. The molecule has 3 heteroatoms. The third-order valence-corrected chi connectivity index (χ3v) is 0.852. The summed E-state index contributed by atoms with van der Waals surface area (Å²) in [5.74, 6) is 0. The van der Waals surface area contributed by atoms with Gasteiger partial charge < -0.3 is 10.1 Å². The van der Waals surface area contributed by atoms with Gasteiger partial charge in [-0.1, -0.05) is 0 Å². The summed E-state index contributed by atoms with van der Waals surface area (Å²) in [7, 11) is 7.35. The molecular weight excluding hydrogens is 113 g/mol. The van der Waals surface area contributed by atoms with Crippen molar-refractivity contribution < 1.29 is 4.74 Å². The van der Waals surface area contributed by atoms with Crippen molar-refractivity contribution in [3.63, 3.8) is 0 Å². The largest absolute Gasteiger partial charge is 0.384 e. The van der Waals surface area contributed by atoms with Crippen LogP contribution in [0.4, 0.5) is 0 Å². The minimum absolute atomic E-state index is 0.171. The highest BCUT2D eigenvalue weighted by atomic mass is 16.5. The van der Waals surface area contributed by atoms with Gasteiger partial charge in [-0.05, 0) is 20.9 Å². The second kappa shape index (κ2) is 4.83. The molecule has 0 fully saturated rings. The van der Waals surface area contributed by atoms with E-state index in [0.29, 0.717) is 6.54 Å². The second-order valence-electron chi connectivity index (χ2n) is 2.28. The van der Waals surface area contributed by atoms with E-state index in [1.807, 2.05) is 20.9 Å². The van der Waals surface area contributed by atoms with Gasteiger partial charge >= 0.3 is 0 Å². The van der Waals surface area contributed by atoms with Crippen LogP contribution in [0, 0.1) is 0 Å². The lowest BCUT2D eigenvalue weighted by molar-refractivity contribution is 0.0557. The van der Waals surface area contributed by atoms with Crippen molar-refractivity contribution in [2.75, 3.05) is 13.6 Å². The Balaban J connectivity index is 3.15. The number of nitrogens with one attached hydrogen (secondary N) is 1. The Labute approximate surface area is 58.4 Å². The average molecular weight is 127 g/mol. The molecule has 1 N–H and O–H groups in total. The zero-order valence-corrected chi connectivity index (χ0v) is 6.35. The predicted octanol–water partition coefficient (Wildman–Crippen LogP) is 0.125. The van der Waals surface area contributed by atoms with Crippen LogP contribution in [-0.2, 0) is 4.74 Å². The lowest BCUT2D eigenvalue weighted by Crippen LogP contribution is -2.29. The molecule has 52 valence electrons. The Bertz CT molecular complexity index is 68.1. The van der Waals surface area contributed by atoms with E-state index in [-0.39, 0.29) is 12.1 Å². The number of rotatable bonds is 4. The third kappa shape index (κ3) is 5.86. The standard InChI is InChI=1S/C6H14BNO/c1-5(2)9-6(7)4-8-3/h5-6,8H,4H2,1-3H3/t6-/m0/s1. The first-order chi connectivity index (χ1) is 4.16. The molecular formula is C6H14BNO. The average Bonchev–Trinajstić information content (AvgIpc) is 1.63. The lowest BCUT2D eigenvalue weighted by atomic mass is 10.0. The van der Waals surface area contributed by atoms with Gasteiger partial charge in [0.25, 0.3) is 0 Å². The molecule has 1 atom stereocenters. The van der Waals surface area contributed by atoms with Crippen LogP contribution in [0.5, 0.6) is 0 Å². The van der Waals surface area contributed by atoms with Gasteiger partial charge in [0.1, 0.15) is 7.85 Å². The van der Waals surface area contributed by atoms with Crippen molar-refractivity contribution in [1.82, 2.24) is 5.32 Å². The molecule has 0 spiro atoms. The van der Waals surface area contributed by atoms with Crippen molar-refractivity contribution in [1.29, 1.82) is 0 Å². The molecule has 0 saturated carbocycles. The quantitative estimate of drug-likeness (QED) is 0.541. The first-order valence-corrected chi connectivity index (χ1v) is 3.22. The maximum Gasteiger partial charge on any atom is 0.110 e. The maximum atomic E-state index is 5.50. The van der Waals surface area contributed by atoms with E-state index >= 15 is 0 Å². The van der Waals surface area contributed by atoms with Crippen LogP contribution in [0.2, 0.25) is 0 Å². The van der Waals surface area contributed by atoms with Crippen LogP contribution < -0.4 is 5.32 Å². The van der Waals surface area contributed by atoms with E-state index in [2.05, 4.69) is 5.32 Å². The van der Waals surface area contributed by atoms with Crippen LogP contribution >= 0.6 is 0 Å². The van der Waals surface area contributed by atoms with Gasteiger partial charge in [-0.25, -0.2) is 0 Å². The van der Waals surface area contributed by atoms with Gasteiger partial charge in [0, 0.05) is 12.5 Å². The van der Waals surface area contributed by atoms with Crippen molar-refractivity contribution in [3.05, 3.63) is 0 Å². The van der Waals surface area contributed by atoms with E-state index in [0.717, 1.165) is 0 Å². The fourth-order valence-corrected chi connectivity index (χ4v) is 0.599. The highest BCUT2D eigenvalue weighted by Crippen LogP contribution is 1.91. The normalized spacial score (nSPS) is 14.2. The zero-order chi connectivity index (χ0) is 7.28. The van der Waals surface area contributed by atoms with Crippen LogP contribution in [0.1, 0.15) is 13.8 Å². The molecule has 0 saturated heterocycles. The summed E-state index contributed by atoms with van der Waals surface area (Å²) in [6, 6.07) is -0.171. The van der Waals surface area contributed by atoms with E-state index in [9.17, 15) is 0 Å². The molecule has 2 nitrogen and oxygen atoms in total. The van der Waals surface area contributed by atoms with E-state index in [1.165, 1.54) is 0 Å². The molecule has 0 aliphatic carbocycles. The molecule has 0 rings (SSSR count).